The molecule has 2 radical (unpaired) electrons. The van der Waals surface area contributed by atoms with Crippen molar-refractivity contribution in [2.75, 3.05) is 0 Å². The molecule has 0 saturated heterocycles. The molecule has 0 aromatic heterocycles. The minimum Gasteiger partial charge on any atom is -0.999 e. The molecule has 0 atom stereocenters. The summed E-state index contributed by atoms with van der Waals surface area (Å²) >= 11 is 0. The van der Waals surface area contributed by atoms with E-state index in [-0.39, 0.29) is 37.1 Å². The van der Waals surface area contributed by atoms with Crippen LogP contribution >= 0.6 is 0 Å². The molecule has 0 unspecified atom stereocenters. The van der Waals surface area contributed by atoms with E-state index in [9.17, 15) is 0 Å². The smallest absolute Gasteiger partial charge is 0.300 e. The first kappa shape index (κ1) is 40.4. The molecule has 0 saturated carbocycles. The predicted octanol–water partition coefficient (Wildman–Crippen LogP) is 1.57. The monoisotopic (exact) mass is 464 g/mol. The SMILES string of the molecule is CC(=O)O.CC(=O)O.CC(=O)O.CC(=O)O.[V].[V].[c-]1[c-][c-][cH-][c-]1.[c-]1[c-][c-][cH-][c-]1. The van der Waals surface area contributed by atoms with Gasteiger partial charge in [0.05, 0.1) is 0 Å². The van der Waals surface area contributed by atoms with E-state index < -0.39 is 23.9 Å². The zero-order valence-corrected chi connectivity index (χ0v) is 18.3. The fourth-order valence-electron chi connectivity index (χ4n) is 0.361. The maximum Gasteiger partial charge on any atom is 0.300 e. The van der Waals surface area contributed by atoms with Gasteiger partial charge in [-0.3, -0.25) is 19.2 Å². The summed E-state index contributed by atoms with van der Waals surface area (Å²) in [6, 6.07) is 24.0. The number of carboxylic acid groups (broad SMARTS) is 4. The van der Waals surface area contributed by atoms with Crippen molar-refractivity contribution in [1.29, 1.82) is 0 Å². The number of hydrogen-bond donors (Lipinski definition) is 4. The van der Waals surface area contributed by atoms with E-state index >= 15 is 0 Å². The number of hydrogen-bond acceptors (Lipinski definition) is 4. The Morgan fingerprint density at radius 2 is 0.607 bits per heavy atom. The van der Waals surface area contributed by atoms with Crippen LogP contribution < -0.4 is 0 Å². The van der Waals surface area contributed by atoms with Gasteiger partial charge in [0.2, 0.25) is 0 Å². The molecule has 0 aliphatic carbocycles. The number of rotatable bonds is 0. The van der Waals surface area contributed by atoms with Crippen LogP contribution in [-0.2, 0) is 56.3 Å². The normalized spacial score (nSPS) is 6.43. The molecule has 0 heterocycles. The van der Waals surface area contributed by atoms with Crippen molar-refractivity contribution in [3.8, 4) is 0 Å². The molecule has 28 heavy (non-hydrogen) atoms. The Hall–Kier alpha value is -2.25. The van der Waals surface area contributed by atoms with Crippen LogP contribution in [0.2, 0.25) is 0 Å². The van der Waals surface area contributed by atoms with Crippen LogP contribution in [0.5, 0.6) is 0 Å². The number of carboxylic acids is 4. The maximum atomic E-state index is 9.00. The van der Waals surface area contributed by atoms with Crippen molar-refractivity contribution in [1.82, 2.24) is 0 Å². The summed E-state index contributed by atoms with van der Waals surface area (Å²) in [6.45, 7) is 4.33. The first-order valence-corrected chi connectivity index (χ1v) is 6.37. The van der Waals surface area contributed by atoms with Gasteiger partial charge in [-0.2, -0.15) is 0 Å². The van der Waals surface area contributed by atoms with Crippen LogP contribution in [0.3, 0.4) is 0 Å². The van der Waals surface area contributed by atoms with Crippen LogP contribution in [0.4, 0.5) is 0 Å². The van der Waals surface area contributed by atoms with Crippen LogP contribution in [0.1, 0.15) is 27.7 Å². The van der Waals surface area contributed by atoms with Crippen LogP contribution in [0.15, 0.2) is 12.1 Å². The zero-order chi connectivity index (χ0) is 21.4. The summed E-state index contributed by atoms with van der Waals surface area (Å²) in [5, 5.41) is 29.7. The van der Waals surface area contributed by atoms with Gasteiger partial charge in [-0.1, -0.05) is 0 Å². The molecule has 0 spiro atoms. The fraction of sp³-hybridized carbons (Fsp3) is 0.222. The van der Waals surface area contributed by atoms with Gasteiger partial charge >= 0.3 is 0 Å². The standard InChI is InChI=1S/2C5H.4C2H4O2.2V/c2*1-2-4-5-3-1;4*1-2(3)4;;/h2*1H;4*1H3,(H,3,4);;/q2*-5;;;;;;. The molecule has 0 bridgehead atoms. The maximum absolute atomic E-state index is 9.00. The largest absolute Gasteiger partial charge is 0.999 e. The van der Waals surface area contributed by atoms with E-state index in [0.717, 1.165) is 27.7 Å². The van der Waals surface area contributed by atoms with Gasteiger partial charge in [-0.05, 0) is 0 Å². The van der Waals surface area contributed by atoms with Crippen LogP contribution in [0.25, 0.3) is 0 Å². The van der Waals surface area contributed by atoms with E-state index in [1.807, 2.05) is 0 Å². The number of aliphatic carboxylic acids is 4. The summed E-state index contributed by atoms with van der Waals surface area (Å²) < 4.78 is 0. The van der Waals surface area contributed by atoms with Gasteiger partial charge in [0.1, 0.15) is 0 Å². The molecule has 10 heteroatoms. The molecule has 2 rings (SSSR count). The average Bonchev–Trinajstić information content (AvgIpc) is 3.16. The third kappa shape index (κ3) is 205. The van der Waals surface area contributed by atoms with Crippen molar-refractivity contribution in [3.63, 3.8) is 0 Å². The Kier molecular flexibility index (Phi) is 51.7. The fourth-order valence-corrected chi connectivity index (χ4v) is 0.361. The van der Waals surface area contributed by atoms with Crippen LogP contribution in [0, 0.1) is 48.5 Å². The van der Waals surface area contributed by atoms with Gasteiger partial charge in [-0.15, -0.1) is 0 Å². The first-order valence-electron chi connectivity index (χ1n) is 6.37. The quantitative estimate of drug-likeness (QED) is 0.430. The molecular weight excluding hydrogens is 446 g/mol. The second-order valence-corrected chi connectivity index (χ2v) is 3.44. The molecule has 4 N–H and O–H groups in total. The van der Waals surface area contributed by atoms with Gasteiger partial charge in [0, 0.05) is 64.8 Å². The molecular formula is C18H18O8V2-10. The van der Waals surface area contributed by atoms with Gasteiger partial charge in [0.15, 0.2) is 0 Å². The Bertz CT molecular complexity index is 413. The predicted molar refractivity (Wildman–Crippen MR) is 88.0 cm³/mol. The third-order valence-corrected chi connectivity index (χ3v) is 0.702. The molecule has 0 amide bonds. The Morgan fingerprint density at radius 1 is 0.500 bits per heavy atom. The number of carbonyl (C=O) groups is 4. The second kappa shape index (κ2) is 35.8. The molecule has 2 aromatic rings. The summed E-state index contributed by atoms with van der Waals surface area (Å²) in [5.74, 6) is -3.33. The molecule has 0 aliphatic heterocycles. The first-order chi connectivity index (χ1) is 11.9. The van der Waals surface area contributed by atoms with Gasteiger partial charge in [-0.25, -0.2) is 0 Å². The van der Waals surface area contributed by atoms with Crippen molar-refractivity contribution >= 4 is 23.9 Å². The molecule has 0 aliphatic rings. The second-order valence-electron chi connectivity index (χ2n) is 3.44. The topological polar surface area (TPSA) is 149 Å². The van der Waals surface area contributed by atoms with E-state index in [1.54, 1.807) is 12.1 Å². The minimum atomic E-state index is -0.833. The van der Waals surface area contributed by atoms with E-state index in [0.29, 0.717) is 0 Å². The van der Waals surface area contributed by atoms with Crippen molar-refractivity contribution in [2.24, 2.45) is 0 Å². The molecule has 2 aromatic carbocycles. The molecule has 0 fully saturated rings. The Balaban J connectivity index is -0.0000000514. The third-order valence-electron chi connectivity index (χ3n) is 0.702. The average molecular weight is 464 g/mol. The van der Waals surface area contributed by atoms with Crippen molar-refractivity contribution in [3.05, 3.63) is 60.7 Å². The molecule has 8 nitrogen and oxygen atoms in total. The van der Waals surface area contributed by atoms with Gasteiger partial charge in [0.25, 0.3) is 23.9 Å². The van der Waals surface area contributed by atoms with Crippen molar-refractivity contribution in [2.45, 2.75) is 27.7 Å². The van der Waals surface area contributed by atoms with Gasteiger partial charge < -0.3 is 81.1 Å². The minimum absolute atomic E-state index is 0. The summed E-state index contributed by atoms with van der Waals surface area (Å²) in [7, 11) is 0. The van der Waals surface area contributed by atoms with Crippen molar-refractivity contribution < 1.29 is 76.7 Å². The zero-order valence-electron chi connectivity index (χ0n) is 15.5. The van der Waals surface area contributed by atoms with E-state index in [4.69, 9.17) is 39.6 Å². The summed E-state index contributed by atoms with van der Waals surface area (Å²) in [4.78, 5) is 36.0. The summed E-state index contributed by atoms with van der Waals surface area (Å²) in [5.41, 5.74) is 0. The Labute approximate surface area is 188 Å². The summed E-state index contributed by atoms with van der Waals surface area (Å²) in [6.07, 6.45) is 0. The molecule has 158 valence electrons. The van der Waals surface area contributed by atoms with E-state index in [1.165, 1.54) is 0 Å². The van der Waals surface area contributed by atoms with Crippen LogP contribution in [-0.4, -0.2) is 44.3 Å². The van der Waals surface area contributed by atoms with E-state index in [2.05, 4.69) is 48.5 Å². The Morgan fingerprint density at radius 3 is 0.643 bits per heavy atom.